The largest absolute Gasteiger partial charge is 0.393 e. The van der Waals surface area contributed by atoms with Crippen LogP contribution >= 0.6 is 0 Å². The van der Waals surface area contributed by atoms with Crippen LogP contribution in [-0.4, -0.2) is 47.1 Å². The Balaban J connectivity index is 1.45. The molecule has 0 unspecified atom stereocenters. The van der Waals surface area contributed by atoms with E-state index in [4.69, 9.17) is 0 Å². The molecule has 5 aliphatic rings. The molecule has 0 radical (unpaired) electrons. The van der Waals surface area contributed by atoms with Crippen molar-refractivity contribution < 1.29 is 14.7 Å². The van der Waals surface area contributed by atoms with E-state index in [2.05, 4.69) is 5.32 Å². The molecule has 5 rings (SSSR count). The van der Waals surface area contributed by atoms with Crippen molar-refractivity contribution in [1.82, 2.24) is 10.2 Å². The number of aliphatic hydroxyl groups is 1. The molecule has 4 saturated carbocycles. The average Bonchev–Trinajstić information content (AvgIpc) is 2.58. The van der Waals surface area contributed by atoms with Crippen molar-refractivity contribution in [2.24, 2.45) is 29.1 Å². The minimum atomic E-state index is -0.439. The number of hydrogen-bond acceptors (Lipinski definition) is 3. The van der Waals surface area contributed by atoms with Gasteiger partial charge in [-0.1, -0.05) is 13.8 Å². The zero-order valence-corrected chi connectivity index (χ0v) is 16.2. The van der Waals surface area contributed by atoms with Crippen LogP contribution in [0.25, 0.3) is 0 Å². The van der Waals surface area contributed by atoms with Gasteiger partial charge in [0.05, 0.1) is 6.10 Å². The molecule has 1 heterocycles. The molecular formula is C21H34N2O3. The first-order valence-electron chi connectivity index (χ1n) is 10.6. The summed E-state index contributed by atoms with van der Waals surface area (Å²) in [4.78, 5) is 28.2. The minimum absolute atomic E-state index is 0.0324. The molecule has 1 saturated heterocycles. The van der Waals surface area contributed by atoms with Gasteiger partial charge >= 0.3 is 0 Å². The van der Waals surface area contributed by atoms with Gasteiger partial charge in [0.2, 0.25) is 11.8 Å². The SMILES string of the molecule is CC(C)[C@H](NC(=O)C12CC3CC(CC(C3)C1)C2)C(=O)N1CCC(O)CC1. The fraction of sp³-hybridized carbons (Fsp3) is 0.905. The lowest BCUT2D eigenvalue weighted by atomic mass is 9.49. The predicted octanol–water partition coefficient (Wildman–Crippen LogP) is 2.33. The lowest BCUT2D eigenvalue weighted by Gasteiger charge is -2.56. The highest BCUT2D eigenvalue weighted by Gasteiger charge is 2.55. The summed E-state index contributed by atoms with van der Waals surface area (Å²) in [6.07, 6.45) is 8.01. The molecule has 4 bridgehead atoms. The van der Waals surface area contributed by atoms with Crippen LogP contribution in [0, 0.1) is 29.1 Å². The van der Waals surface area contributed by atoms with Crippen molar-refractivity contribution in [2.75, 3.05) is 13.1 Å². The van der Waals surface area contributed by atoms with Crippen molar-refractivity contribution >= 4 is 11.8 Å². The van der Waals surface area contributed by atoms with Crippen LogP contribution in [0.1, 0.15) is 65.2 Å². The summed E-state index contributed by atoms with van der Waals surface area (Å²) in [5, 5.41) is 12.9. The summed E-state index contributed by atoms with van der Waals surface area (Å²) in [6.45, 7) is 5.22. The van der Waals surface area contributed by atoms with Gasteiger partial charge in [-0.3, -0.25) is 9.59 Å². The van der Waals surface area contributed by atoms with Gasteiger partial charge in [-0.15, -0.1) is 0 Å². The molecule has 1 aliphatic heterocycles. The normalized spacial score (nSPS) is 37.8. The Kier molecular flexibility index (Phi) is 4.79. The van der Waals surface area contributed by atoms with Crippen LogP contribution in [0.5, 0.6) is 0 Å². The van der Waals surface area contributed by atoms with Crippen molar-refractivity contribution in [3.63, 3.8) is 0 Å². The maximum absolute atomic E-state index is 13.3. The van der Waals surface area contributed by atoms with Gasteiger partial charge in [0.1, 0.15) is 6.04 Å². The van der Waals surface area contributed by atoms with Crippen LogP contribution in [-0.2, 0) is 9.59 Å². The van der Waals surface area contributed by atoms with Crippen LogP contribution in [0.2, 0.25) is 0 Å². The molecule has 5 heteroatoms. The second-order valence-corrected chi connectivity index (χ2v) is 9.95. The highest BCUT2D eigenvalue weighted by Crippen LogP contribution is 2.60. The Bertz CT molecular complexity index is 530. The number of amides is 2. The number of nitrogens with zero attached hydrogens (tertiary/aromatic N) is 1. The molecule has 4 aliphatic carbocycles. The van der Waals surface area contributed by atoms with E-state index >= 15 is 0 Å². The summed E-state index contributed by atoms with van der Waals surface area (Å²) in [7, 11) is 0. The Morgan fingerprint density at radius 2 is 1.50 bits per heavy atom. The van der Waals surface area contributed by atoms with Crippen LogP contribution in [0.4, 0.5) is 0 Å². The molecule has 5 fully saturated rings. The number of carbonyl (C=O) groups excluding carboxylic acids is 2. The number of aliphatic hydroxyl groups excluding tert-OH is 1. The molecule has 2 N–H and O–H groups in total. The van der Waals surface area contributed by atoms with Gasteiger partial charge in [-0.25, -0.2) is 0 Å². The maximum atomic E-state index is 13.3. The van der Waals surface area contributed by atoms with Gasteiger partial charge < -0.3 is 15.3 Å². The van der Waals surface area contributed by atoms with Crippen LogP contribution < -0.4 is 5.32 Å². The standard InChI is InChI=1S/C21H34N2O3/c1-13(2)18(19(25)23-5-3-17(24)4-6-23)22-20(26)21-10-14-7-15(11-21)9-16(8-14)12-21/h13-18,24H,3-12H2,1-2H3,(H,22,26)/t14?,15?,16?,18-,21?/m0/s1. The monoisotopic (exact) mass is 362 g/mol. The Morgan fingerprint density at radius 1 is 1.00 bits per heavy atom. The molecule has 1 atom stereocenters. The number of piperidine rings is 1. The molecule has 0 aromatic heterocycles. The Labute approximate surface area is 156 Å². The molecule has 0 aromatic carbocycles. The second kappa shape index (κ2) is 6.81. The fourth-order valence-corrected chi connectivity index (χ4v) is 6.48. The summed E-state index contributed by atoms with van der Waals surface area (Å²) in [5.41, 5.74) is -0.208. The second-order valence-electron chi connectivity index (χ2n) is 9.95. The lowest BCUT2D eigenvalue weighted by Crippen LogP contribution is -2.59. The molecule has 0 spiro atoms. The van der Waals surface area contributed by atoms with E-state index < -0.39 is 6.04 Å². The van der Waals surface area contributed by atoms with E-state index in [0.29, 0.717) is 25.9 Å². The lowest BCUT2D eigenvalue weighted by molar-refractivity contribution is -0.151. The first-order chi connectivity index (χ1) is 12.4. The molecule has 5 nitrogen and oxygen atoms in total. The van der Waals surface area contributed by atoms with E-state index in [1.165, 1.54) is 19.3 Å². The fourth-order valence-electron chi connectivity index (χ4n) is 6.48. The summed E-state index contributed by atoms with van der Waals surface area (Å²) in [5.74, 6) is 2.43. The average molecular weight is 363 g/mol. The molecule has 2 amide bonds. The quantitative estimate of drug-likeness (QED) is 0.806. The third-order valence-corrected chi connectivity index (χ3v) is 7.52. The first-order valence-corrected chi connectivity index (χ1v) is 10.6. The smallest absolute Gasteiger partial charge is 0.245 e. The molecular weight excluding hydrogens is 328 g/mol. The summed E-state index contributed by atoms with van der Waals surface area (Å²) < 4.78 is 0. The van der Waals surface area contributed by atoms with Crippen molar-refractivity contribution in [1.29, 1.82) is 0 Å². The van der Waals surface area contributed by atoms with E-state index in [-0.39, 0.29) is 29.3 Å². The number of rotatable bonds is 4. The zero-order valence-electron chi connectivity index (χ0n) is 16.2. The van der Waals surface area contributed by atoms with Gasteiger partial charge in [-0.2, -0.15) is 0 Å². The Hall–Kier alpha value is -1.10. The Morgan fingerprint density at radius 3 is 1.96 bits per heavy atom. The van der Waals surface area contributed by atoms with E-state index in [1.807, 2.05) is 18.7 Å². The zero-order chi connectivity index (χ0) is 18.5. The number of nitrogens with one attached hydrogen (secondary N) is 1. The van der Waals surface area contributed by atoms with Crippen LogP contribution in [0.15, 0.2) is 0 Å². The first kappa shape index (κ1) is 18.3. The topological polar surface area (TPSA) is 69.6 Å². The van der Waals surface area contributed by atoms with Crippen molar-refractivity contribution in [3.8, 4) is 0 Å². The molecule has 26 heavy (non-hydrogen) atoms. The highest BCUT2D eigenvalue weighted by atomic mass is 16.3. The van der Waals surface area contributed by atoms with E-state index in [0.717, 1.165) is 37.0 Å². The number of carbonyl (C=O) groups is 2. The summed E-state index contributed by atoms with van der Waals surface area (Å²) in [6, 6.07) is -0.439. The van der Waals surface area contributed by atoms with E-state index in [1.54, 1.807) is 0 Å². The predicted molar refractivity (Wildman–Crippen MR) is 99.2 cm³/mol. The minimum Gasteiger partial charge on any atom is -0.393 e. The van der Waals surface area contributed by atoms with Gasteiger partial charge in [0.15, 0.2) is 0 Å². The van der Waals surface area contributed by atoms with Crippen molar-refractivity contribution in [2.45, 2.75) is 77.4 Å². The number of likely N-dealkylation sites (tertiary alicyclic amines) is 1. The molecule has 0 aromatic rings. The molecule has 146 valence electrons. The third kappa shape index (κ3) is 3.28. The van der Waals surface area contributed by atoms with Crippen molar-refractivity contribution in [3.05, 3.63) is 0 Å². The van der Waals surface area contributed by atoms with E-state index in [9.17, 15) is 14.7 Å². The summed E-state index contributed by atoms with van der Waals surface area (Å²) >= 11 is 0. The number of hydrogen-bond donors (Lipinski definition) is 2. The van der Waals surface area contributed by atoms with Crippen LogP contribution in [0.3, 0.4) is 0 Å². The maximum Gasteiger partial charge on any atom is 0.245 e. The highest BCUT2D eigenvalue weighted by molar-refractivity contribution is 5.90. The third-order valence-electron chi connectivity index (χ3n) is 7.52. The van der Waals surface area contributed by atoms with Gasteiger partial charge in [-0.05, 0) is 75.0 Å². The van der Waals surface area contributed by atoms with Gasteiger partial charge in [0, 0.05) is 18.5 Å². The van der Waals surface area contributed by atoms with Gasteiger partial charge in [0.25, 0.3) is 0 Å².